The van der Waals surface area contributed by atoms with Gasteiger partial charge >= 0.3 is 0 Å². The lowest BCUT2D eigenvalue weighted by Crippen LogP contribution is -2.17. The van der Waals surface area contributed by atoms with Gasteiger partial charge in [0.1, 0.15) is 0 Å². The summed E-state index contributed by atoms with van der Waals surface area (Å²) in [5.41, 5.74) is 2.00. The number of halogens is 1. The van der Waals surface area contributed by atoms with Crippen LogP contribution in [0.3, 0.4) is 0 Å². The molecule has 0 aliphatic carbocycles. The quantitative estimate of drug-likeness (QED) is 0.362. The van der Waals surface area contributed by atoms with Crippen molar-refractivity contribution in [1.29, 1.82) is 0 Å². The first-order valence-electron chi connectivity index (χ1n) is 8.89. The van der Waals surface area contributed by atoms with E-state index in [1.165, 1.54) is 0 Å². The molecular weight excluding hydrogens is 442 g/mol. The monoisotopic (exact) mass is 463 g/mol. The third-order valence-electron chi connectivity index (χ3n) is 3.87. The Morgan fingerprint density at radius 2 is 2.04 bits per heavy atom. The summed E-state index contributed by atoms with van der Waals surface area (Å²) in [6.45, 7) is 4.03. The first kappa shape index (κ1) is 20.6. The summed E-state index contributed by atoms with van der Waals surface area (Å²) < 4.78 is 13.9. The Bertz CT molecular complexity index is 891. The summed E-state index contributed by atoms with van der Waals surface area (Å²) in [5, 5.41) is 16.2. The fourth-order valence-electron chi connectivity index (χ4n) is 2.65. The maximum Gasteiger partial charge on any atom is 0.214 e. The highest BCUT2D eigenvalue weighted by molar-refractivity contribution is 9.10. The third kappa shape index (κ3) is 5.24. The molecular formula is C19H22BrN5O2S. The van der Waals surface area contributed by atoms with Gasteiger partial charge in [0.2, 0.25) is 5.16 Å². The lowest BCUT2D eigenvalue weighted by molar-refractivity contribution is 0.306. The van der Waals surface area contributed by atoms with Crippen LogP contribution >= 0.6 is 27.7 Å². The van der Waals surface area contributed by atoms with E-state index in [2.05, 4.69) is 36.8 Å². The number of ether oxygens (including phenoxy) is 2. The molecule has 28 heavy (non-hydrogen) atoms. The maximum absolute atomic E-state index is 5.77. The van der Waals surface area contributed by atoms with E-state index in [-0.39, 0.29) is 0 Å². The summed E-state index contributed by atoms with van der Waals surface area (Å²) in [7, 11) is 1.65. The zero-order valence-electron chi connectivity index (χ0n) is 15.8. The molecule has 0 radical (unpaired) electrons. The van der Waals surface area contributed by atoms with E-state index in [4.69, 9.17) is 9.47 Å². The molecule has 0 aliphatic rings. The number of aromatic nitrogens is 4. The van der Waals surface area contributed by atoms with Gasteiger partial charge in [-0.25, -0.2) is 0 Å². The zero-order chi connectivity index (χ0) is 19.8. The van der Waals surface area contributed by atoms with Gasteiger partial charge in [-0.2, -0.15) is 4.68 Å². The Balaban J connectivity index is 1.55. The minimum atomic E-state index is 0.586. The predicted octanol–water partition coefficient (Wildman–Crippen LogP) is 3.71. The highest BCUT2D eigenvalue weighted by Gasteiger charge is 2.12. The van der Waals surface area contributed by atoms with Crippen LogP contribution in [0.25, 0.3) is 5.69 Å². The van der Waals surface area contributed by atoms with Gasteiger partial charge in [-0.3, -0.25) is 0 Å². The topological polar surface area (TPSA) is 74.1 Å². The van der Waals surface area contributed by atoms with Gasteiger partial charge in [-0.15, -0.1) is 5.10 Å². The van der Waals surface area contributed by atoms with Gasteiger partial charge in [0.15, 0.2) is 11.5 Å². The molecule has 0 saturated heterocycles. The molecule has 0 aliphatic heterocycles. The van der Waals surface area contributed by atoms with Crippen molar-refractivity contribution >= 4 is 27.7 Å². The van der Waals surface area contributed by atoms with Crippen LogP contribution in [0.2, 0.25) is 0 Å². The van der Waals surface area contributed by atoms with Crippen molar-refractivity contribution < 1.29 is 9.47 Å². The van der Waals surface area contributed by atoms with Crippen molar-refractivity contribution in [1.82, 2.24) is 25.5 Å². The average molecular weight is 464 g/mol. The van der Waals surface area contributed by atoms with Crippen LogP contribution in [0.4, 0.5) is 0 Å². The molecule has 0 amide bonds. The molecule has 9 heteroatoms. The minimum absolute atomic E-state index is 0.586. The molecule has 3 rings (SSSR count). The Labute approximate surface area is 176 Å². The van der Waals surface area contributed by atoms with Crippen LogP contribution in [0.5, 0.6) is 11.5 Å². The Hall–Kier alpha value is -2.10. The number of para-hydroxylation sites is 1. The molecule has 0 saturated carbocycles. The van der Waals surface area contributed by atoms with Crippen LogP contribution in [0.15, 0.2) is 52.1 Å². The normalized spacial score (nSPS) is 10.8. The van der Waals surface area contributed by atoms with Crippen LogP contribution in [0.1, 0.15) is 12.5 Å². The highest BCUT2D eigenvalue weighted by atomic mass is 79.9. The van der Waals surface area contributed by atoms with Crippen LogP contribution in [0, 0.1) is 0 Å². The lowest BCUT2D eigenvalue weighted by Gasteiger charge is -2.15. The maximum atomic E-state index is 5.77. The molecule has 7 nitrogen and oxygen atoms in total. The van der Waals surface area contributed by atoms with E-state index >= 15 is 0 Å². The molecule has 0 unspecified atom stereocenters. The molecule has 1 aromatic heterocycles. The number of hydrogen-bond donors (Lipinski definition) is 1. The number of hydrogen-bond acceptors (Lipinski definition) is 7. The van der Waals surface area contributed by atoms with E-state index in [0.717, 1.165) is 44.7 Å². The number of benzene rings is 2. The highest BCUT2D eigenvalue weighted by Crippen LogP contribution is 2.34. The molecule has 0 bridgehead atoms. The fourth-order valence-corrected chi connectivity index (χ4v) is 3.92. The molecule has 148 valence electrons. The molecule has 1 N–H and O–H groups in total. The van der Waals surface area contributed by atoms with Crippen molar-refractivity contribution in [2.45, 2.75) is 18.6 Å². The Kier molecular flexibility index (Phi) is 7.70. The molecule has 3 aromatic rings. The summed E-state index contributed by atoms with van der Waals surface area (Å²) in [6, 6.07) is 13.8. The number of methoxy groups -OCH3 is 1. The van der Waals surface area contributed by atoms with E-state index in [0.29, 0.717) is 13.2 Å². The molecule has 0 atom stereocenters. The van der Waals surface area contributed by atoms with Crippen molar-refractivity contribution in [3.63, 3.8) is 0 Å². The summed E-state index contributed by atoms with van der Waals surface area (Å²) in [6.07, 6.45) is 0. The largest absolute Gasteiger partial charge is 0.493 e. The van der Waals surface area contributed by atoms with E-state index in [1.807, 2.05) is 49.4 Å². The molecule has 2 aromatic carbocycles. The van der Waals surface area contributed by atoms with Crippen molar-refractivity contribution in [2.24, 2.45) is 0 Å². The third-order valence-corrected chi connectivity index (χ3v) is 5.25. The molecule has 0 spiro atoms. The second-order valence-corrected chi connectivity index (χ2v) is 7.74. The van der Waals surface area contributed by atoms with Crippen molar-refractivity contribution in [3.8, 4) is 17.2 Å². The predicted molar refractivity (Wildman–Crippen MR) is 113 cm³/mol. The number of nitrogens with zero attached hydrogens (tertiary/aromatic N) is 4. The second-order valence-electron chi connectivity index (χ2n) is 5.76. The van der Waals surface area contributed by atoms with Crippen molar-refractivity contribution in [2.75, 3.05) is 26.0 Å². The van der Waals surface area contributed by atoms with Gasteiger partial charge in [-0.1, -0.05) is 45.9 Å². The summed E-state index contributed by atoms with van der Waals surface area (Å²) in [4.78, 5) is 0. The smallest absolute Gasteiger partial charge is 0.214 e. The fraction of sp³-hybridized carbons (Fsp3) is 0.316. The minimum Gasteiger partial charge on any atom is -0.493 e. The van der Waals surface area contributed by atoms with Crippen LogP contribution in [-0.4, -0.2) is 46.2 Å². The van der Waals surface area contributed by atoms with Crippen LogP contribution < -0.4 is 14.8 Å². The lowest BCUT2D eigenvalue weighted by atomic mass is 10.2. The number of thioether (sulfide) groups is 1. The Morgan fingerprint density at radius 3 is 2.79 bits per heavy atom. The summed E-state index contributed by atoms with van der Waals surface area (Å²) >= 11 is 5.13. The average Bonchev–Trinajstić information content (AvgIpc) is 3.18. The van der Waals surface area contributed by atoms with E-state index in [9.17, 15) is 0 Å². The summed E-state index contributed by atoms with van der Waals surface area (Å²) in [5.74, 6) is 2.34. The number of tetrazole rings is 1. The Morgan fingerprint density at radius 1 is 1.21 bits per heavy atom. The van der Waals surface area contributed by atoms with Crippen LogP contribution in [-0.2, 0) is 6.54 Å². The first-order chi connectivity index (χ1) is 13.7. The standard InChI is InChI=1S/C19H22BrN5O2S/c1-3-27-18-14(11-15(20)12-17(18)26-2)13-21-9-10-28-19-22-23-24-25(19)16-7-5-4-6-8-16/h4-8,11-12,21H,3,9-10,13H2,1-2H3. The van der Waals surface area contributed by atoms with Gasteiger partial charge < -0.3 is 14.8 Å². The zero-order valence-corrected chi connectivity index (χ0v) is 18.2. The number of nitrogens with one attached hydrogen (secondary N) is 1. The second kappa shape index (κ2) is 10.4. The van der Waals surface area contributed by atoms with E-state index in [1.54, 1.807) is 23.6 Å². The number of rotatable bonds is 10. The SMILES string of the molecule is CCOc1c(CNCCSc2nnnn2-c2ccccc2)cc(Br)cc1OC. The van der Waals surface area contributed by atoms with Crippen molar-refractivity contribution in [3.05, 3.63) is 52.5 Å². The van der Waals surface area contributed by atoms with Gasteiger partial charge in [0.25, 0.3) is 0 Å². The van der Waals surface area contributed by atoms with Gasteiger partial charge in [0, 0.05) is 28.9 Å². The first-order valence-corrected chi connectivity index (χ1v) is 10.7. The van der Waals surface area contributed by atoms with E-state index < -0.39 is 0 Å². The van der Waals surface area contributed by atoms with Gasteiger partial charge in [-0.05, 0) is 41.6 Å². The molecule has 0 fully saturated rings. The molecule has 1 heterocycles. The van der Waals surface area contributed by atoms with Gasteiger partial charge in [0.05, 0.1) is 19.4 Å².